The number of rotatable bonds is 7. The van der Waals surface area contributed by atoms with Gasteiger partial charge in [-0.1, -0.05) is 59.3 Å². The second-order valence-electron chi connectivity index (χ2n) is 6.07. The summed E-state index contributed by atoms with van der Waals surface area (Å²) in [6, 6.07) is 1.52. The predicted molar refractivity (Wildman–Crippen MR) is 83.7 cm³/mol. The van der Waals surface area contributed by atoms with Crippen LogP contribution in [0.15, 0.2) is 0 Å². The molecule has 0 radical (unpaired) electrons. The molecule has 0 aromatic carbocycles. The van der Waals surface area contributed by atoms with Crippen molar-refractivity contribution in [3.63, 3.8) is 0 Å². The quantitative estimate of drug-likeness (QED) is 0.625. The maximum atomic E-state index is 5.49. The summed E-state index contributed by atoms with van der Waals surface area (Å²) in [5.74, 6) is 0. The average molecular weight is 269 g/mol. The fourth-order valence-corrected chi connectivity index (χ4v) is 3.19. The molecule has 2 aliphatic rings. The lowest BCUT2D eigenvalue weighted by Crippen LogP contribution is -2.45. The van der Waals surface area contributed by atoms with Crippen molar-refractivity contribution in [1.29, 1.82) is 0 Å². The van der Waals surface area contributed by atoms with E-state index < -0.39 is 0 Å². The van der Waals surface area contributed by atoms with Crippen molar-refractivity contribution in [2.75, 3.05) is 19.8 Å². The SMILES string of the molecule is CCCCCCCC.CCCN1C2CCC1COC2. The first-order valence-electron chi connectivity index (χ1n) is 8.66. The van der Waals surface area contributed by atoms with Crippen LogP contribution in [0, 0.1) is 0 Å². The zero-order valence-electron chi connectivity index (χ0n) is 13.5. The average Bonchev–Trinajstić information content (AvgIpc) is 2.66. The summed E-state index contributed by atoms with van der Waals surface area (Å²) >= 11 is 0. The van der Waals surface area contributed by atoms with E-state index in [1.807, 2.05) is 0 Å². The summed E-state index contributed by atoms with van der Waals surface area (Å²) < 4.78 is 5.49. The van der Waals surface area contributed by atoms with Gasteiger partial charge in [0.15, 0.2) is 0 Å². The van der Waals surface area contributed by atoms with Crippen molar-refractivity contribution in [3.05, 3.63) is 0 Å². The summed E-state index contributed by atoms with van der Waals surface area (Å²) in [5, 5.41) is 0. The number of hydrogen-bond acceptors (Lipinski definition) is 2. The number of fused-ring (bicyclic) bond motifs is 2. The molecule has 2 aliphatic heterocycles. The third-order valence-corrected chi connectivity index (χ3v) is 4.33. The summed E-state index contributed by atoms with van der Waals surface area (Å²) in [5.41, 5.74) is 0. The van der Waals surface area contributed by atoms with Crippen LogP contribution in [0.3, 0.4) is 0 Å². The van der Waals surface area contributed by atoms with Gasteiger partial charge in [0.05, 0.1) is 13.2 Å². The first-order valence-corrected chi connectivity index (χ1v) is 8.66. The van der Waals surface area contributed by atoms with Gasteiger partial charge < -0.3 is 4.74 Å². The smallest absolute Gasteiger partial charge is 0.0622 e. The van der Waals surface area contributed by atoms with E-state index in [-0.39, 0.29) is 0 Å². The Morgan fingerprint density at radius 2 is 1.32 bits per heavy atom. The highest BCUT2D eigenvalue weighted by atomic mass is 16.5. The molecule has 0 aromatic heterocycles. The highest BCUT2D eigenvalue weighted by Crippen LogP contribution is 2.28. The number of nitrogens with zero attached hydrogens (tertiary/aromatic N) is 1. The molecule has 2 atom stereocenters. The van der Waals surface area contributed by atoms with Crippen LogP contribution in [0.5, 0.6) is 0 Å². The monoisotopic (exact) mass is 269 g/mol. The van der Waals surface area contributed by atoms with Crippen molar-refractivity contribution in [2.24, 2.45) is 0 Å². The zero-order chi connectivity index (χ0) is 13.9. The van der Waals surface area contributed by atoms with E-state index in [2.05, 4.69) is 25.7 Å². The van der Waals surface area contributed by atoms with E-state index in [4.69, 9.17) is 4.74 Å². The lowest BCUT2D eigenvalue weighted by atomic mass is 10.1. The Bertz CT molecular complexity index is 185. The van der Waals surface area contributed by atoms with Crippen molar-refractivity contribution in [2.45, 2.75) is 90.6 Å². The van der Waals surface area contributed by atoms with Gasteiger partial charge in [-0.15, -0.1) is 0 Å². The minimum atomic E-state index is 0.758. The van der Waals surface area contributed by atoms with Crippen LogP contribution in [0.2, 0.25) is 0 Å². The second kappa shape index (κ2) is 10.7. The van der Waals surface area contributed by atoms with Gasteiger partial charge in [0, 0.05) is 12.1 Å². The van der Waals surface area contributed by atoms with Gasteiger partial charge in [0.2, 0.25) is 0 Å². The molecule has 2 saturated heterocycles. The van der Waals surface area contributed by atoms with Gasteiger partial charge in [0.1, 0.15) is 0 Å². The van der Waals surface area contributed by atoms with Gasteiger partial charge in [-0.3, -0.25) is 4.90 Å². The van der Waals surface area contributed by atoms with Crippen LogP contribution in [0.25, 0.3) is 0 Å². The highest BCUT2D eigenvalue weighted by Gasteiger charge is 2.36. The maximum absolute atomic E-state index is 5.49. The molecule has 0 saturated carbocycles. The fraction of sp³-hybridized carbons (Fsp3) is 1.00. The maximum Gasteiger partial charge on any atom is 0.0622 e. The number of unbranched alkanes of at least 4 members (excludes halogenated alkanes) is 5. The topological polar surface area (TPSA) is 12.5 Å². The molecule has 114 valence electrons. The Hall–Kier alpha value is -0.0800. The Morgan fingerprint density at radius 3 is 1.74 bits per heavy atom. The fourth-order valence-electron chi connectivity index (χ4n) is 3.19. The molecule has 0 spiro atoms. The Kier molecular flexibility index (Phi) is 9.54. The molecule has 2 bridgehead atoms. The van der Waals surface area contributed by atoms with E-state index in [0.717, 1.165) is 25.3 Å². The predicted octanol–water partition coefficient (Wildman–Crippen LogP) is 4.63. The van der Waals surface area contributed by atoms with Crippen molar-refractivity contribution < 1.29 is 4.74 Å². The van der Waals surface area contributed by atoms with Crippen LogP contribution in [0.4, 0.5) is 0 Å². The molecule has 2 fully saturated rings. The minimum Gasteiger partial charge on any atom is -0.378 e. The van der Waals surface area contributed by atoms with E-state index in [0.29, 0.717) is 0 Å². The van der Waals surface area contributed by atoms with Gasteiger partial charge >= 0.3 is 0 Å². The van der Waals surface area contributed by atoms with Crippen LogP contribution < -0.4 is 0 Å². The summed E-state index contributed by atoms with van der Waals surface area (Å²) in [4.78, 5) is 2.64. The van der Waals surface area contributed by atoms with Crippen molar-refractivity contribution in [1.82, 2.24) is 4.90 Å². The molecule has 2 heterocycles. The first-order chi connectivity index (χ1) is 9.33. The molecule has 0 amide bonds. The Morgan fingerprint density at radius 1 is 0.789 bits per heavy atom. The van der Waals surface area contributed by atoms with Crippen LogP contribution in [-0.2, 0) is 4.74 Å². The minimum absolute atomic E-state index is 0.758. The van der Waals surface area contributed by atoms with Crippen LogP contribution in [0.1, 0.15) is 78.6 Å². The third-order valence-electron chi connectivity index (χ3n) is 4.33. The standard InChI is InChI=1S/C9H17NO.C8H18/c1-2-5-10-8-3-4-9(10)7-11-6-8;1-3-5-7-8-6-4-2/h8-9H,2-7H2,1H3;3-8H2,1-2H3. The van der Waals surface area contributed by atoms with E-state index in [9.17, 15) is 0 Å². The van der Waals surface area contributed by atoms with Crippen molar-refractivity contribution >= 4 is 0 Å². The van der Waals surface area contributed by atoms with E-state index >= 15 is 0 Å². The zero-order valence-corrected chi connectivity index (χ0v) is 13.5. The molecule has 2 unspecified atom stereocenters. The Labute approximate surface area is 120 Å². The van der Waals surface area contributed by atoms with Crippen LogP contribution in [-0.4, -0.2) is 36.7 Å². The van der Waals surface area contributed by atoms with Crippen LogP contribution >= 0.6 is 0 Å². The second-order valence-corrected chi connectivity index (χ2v) is 6.07. The molecule has 19 heavy (non-hydrogen) atoms. The van der Waals surface area contributed by atoms with Gasteiger partial charge in [0.25, 0.3) is 0 Å². The molecule has 2 heteroatoms. The molecule has 0 N–H and O–H groups in total. The van der Waals surface area contributed by atoms with E-state index in [1.165, 1.54) is 64.3 Å². The lowest BCUT2D eigenvalue weighted by molar-refractivity contribution is -0.0142. The highest BCUT2D eigenvalue weighted by molar-refractivity contribution is 4.90. The number of morpholine rings is 1. The van der Waals surface area contributed by atoms with Crippen molar-refractivity contribution in [3.8, 4) is 0 Å². The Balaban J connectivity index is 0.000000203. The largest absolute Gasteiger partial charge is 0.378 e. The summed E-state index contributed by atoms with van der Waals surface area (Å²) in [6.45, 7) is 10.0. The first kappa shape index (κ1) is 17.0. The molecule has 0 aliphatic carbocycles. The molecule has 2 nitrogen and oxygen atoms in total. The third kappa shape index (κ3) is 6.27. The van der Waals surface area contributed by atoms with Gasteiger partial charge in [-0.2, -0.15) is 0 Å². The molecule has 0 aromatic rings. The molecular formula is C17H35NO. The summed E-state index contributed by atoms with van der Waals surface area (Å²) in [6.07, 6.45) is 12.5. The molecular weight excluding hydrogens is 234 g/mol. The van der Waals surface area contributed by atoms with Gasteiger partial charge in [-0.05, 0) is 25.8 Å². The normalized spacial score (nSPS) is 26.1. The van der Waals surface area contributed by atoms with Gasteiger partial charge in [-0.25, -0.2) is 0 Å². The molecule has 2 rings (SSSR count). The van der Waals surface area contributed by atoms with E-state index in [1.54, 1.807) is 0 Å². The lowest BCUT2D eigenvalue weighted by Gasteiger charge is -2.34. The number of ether oxygens (including phenoxy) is 1. The summed E-state index contributed by atoms with van der Waals surface area (Å²) in [7, 11) is 0. The number of hydrogen-bond donors (Lipinski definition) is 0.